The van der Waals surface area contributed by atoms with Crippen molar-refractivity contribution in [2.75, 3.05) is 6.54 Å². The van der Waals surface area contributed by atoms with Crippen molar-refractivity contribution >= 4 is 5.91 Å². The molecule has 0 aromatic heterocycles. The fraction of sp³-hybridized carbons (Fsp3) is 0.345. The van der Waals surface area contributed by atoms with Crippen LogP contribution in [0.1, 0.15) is 49.1 Å². The van der Waals surface area contributed by atoms with E-state index in [0.717, 1.165) is 18.1 Å². The Balaban J connectivity index is 1.55. The summed E-state index contributed by atoms with van der Waals surface area (Å²) < 4.78 is 27.4. The number of aliphatic hydroxyl groups is 1. The predicted octanol–water partition coefficient (Wildman–Crippen LogP) is 4.93. The molecule has 1 unspecified atom stereocenters. The average Bonchev–Trinajstić information content (AvgIpc) is 3.08. The number of fused-ring (bicyclic) bond motifs is 3. The first kappa shape index (κ1) is 25.0. The van der Waals surface area contributed by atoms with Crippen LogP contribution in [0, 0.1) is 17.6 Å². The number of amides is 1. The first-order valence-corrected chi connectivity index (χ1v) is 12.1. The summed E-state index contributed by atoms with van der Waals surface area (Å²) >= 11 is 0. The van der Waals surface area contributed by atoms with Gasteiger partial charge in [-0.15, -0.1) is 0 Å². The smallest absolute Gasteiger partial charge is 0.217 e. The van der Waals surface area contributed by atoms with E-state index in [1.54, 1.807) is 0 Å². The zero-order chi connectivity index (χ0) is 25.1. The Bertz CT molecular complexity index is 1190. The van der Waals surface area contributed by atoms with Gasteiger partial charge in [-0.25, -0.2) is 8.78 Å². The molecule has 6 heteroatoms. The van der Waals surface area contributed by atoms with Gasteiger partial charge in [0.25, 0.3) is 0 Å². The van der Waals surface area contributed by atoms with Gasteiger partial charge in [0, 0.05) is 19.5 Å². The van der Waals surface area contributed by atoms with Crippen LogP contribution in [-0.2, 0) is 17.6 Å². The van der Waals surface area contributed by atoms with Crippen LogP contribution in [0.15, 0.2) is 60.7 Å². The summed E-state index contributed by atoms with van der Waals surface area (Å²) in [6.07, 6.45) is 0.113. The van der Waals surface area contributed by atoms with Gasteiger partial charge in [0.2, 0.25) is 5.91 Å². The highest BCUT2D eigenvalue weighted by molar-refractivity contribution is 5.79. The van der Waals surface area contributed by atoms with Gasteiger partial charge in [-0.1, -0.05) is 56.3 Å². The lowest BCUT2D eigenvalue weighted by Crippen LogP contribution is -2.48. The molecule has 3 N–H and O–H groups in total. The molecule has 1 aliphatic carbocycles. The Labute approximate surface area is 205 Å². The van der Waals surface area contributed by atoms with Gasteiger partial charge < -0.3 is 15.7 Å². The molecular formula is C29H32F2N2O2. The summed E-state index contributed by atoms with van der Waals surface area (Å²) in [5.74, 6) is -1.16. The lowest BCUT2D eigenvalue weighted by Gasteiger charge is -2.26. The Hall–Kier alpha value is -3.09. The van der Waals surface area contributed by atoms with E-state index in [2.05, 4.69) is 54.8 Å². The van der Waals surface area contributed by atoms with Crippen LogP contribution in [0.4, 0.5) is 8.78 Å². The Kier molecular flexibility index (Phi) is 7.63. The minimum atomic E-state index is -0.972. The van der Waals surface area contributed by atoms with Gasteiger partial charge in [-0.3, -0.25) is 4.79 Å². The van der Waals surface area contributed by atoms with Crippen molar-refractivity contribution in [1.82, 2.24) is 10.6 Å². The minimum Gasteiger partial charge on any atom is -0.390 e. The van der Waals surface area contributed by atoms with E-state index < -0.39 is 23.8 Å². The zero-order valence-corrected chi connectivity index (χ0v) is 20.3. The lowest BCUT2D eigenvalue weighted by molar-refractivity contribution is -0.120. The van der Waals surface area contributed by atoms with Crippen LogP contribution in [0.25, 0.3) is 11.1 Å². The van der Waals surface area contributed by atoms with E-state index in [9.17, 15) is 18.7 Å². The maximum Gasteiger partial charge on any atom is 0.217 e. The molecule has 4 rings (SSSR count). The molecule has 1 aliphatic rings. The Morgan fingerprint density at radius 2 is 1.60 bits per heavy atom. The van der Waals surface area contributed by atoms with Crippen LogP contribution < -0.4 is 10.6 Å². The number of aliphatic hydroxyl groups excluding tert-OH is 1. The summed E-state index contributed by atoms with van der Waals surface area (Å²) in [7, 11) is 0. The van der Waals surface area contributed by atoms with Gasteiger partial charge in [0.05, 0.1) is 18.2 Å². The molecule has 0 spiro atoms. The second kappa shape index (κ2) is 10.7. The van der Waals surface area contributed by atoms with Gasteiger partial charge in [0.15, 0.2) is 0 Å². The topological polar surface area (TPSA) is 61.4 Å². The van der Waals surface area contributed by atoms with E-state index in [0.29, 0.717) is 11.5 Å². The number of hydrogen-bond donors (Lipinski definition) is 3. The molecule has 0 saturated heterocycles. The number of carbonyl (C=O) groups excluding carboxylic acids is 1. The molecule has 184 valence electrons. The predicted molar refractivity (Wildman–Crippen MR) is 134 cm³/mol. The highest BCUT2D eigenvalue weighted by Gasteiger charge is 2.30. The molecule has 0 fully saturated rings. The van der Waals surface area contributed by atoms with E-state index in [-0.39, 0.29) is 24.9 Å². The molecule has 4 nitrogen and oxygen atoms in total. The number of nitrogens with one attached hydrogen (secondary N) is 2. The molecule has 0 radical (unpaired) electrons. The van der Waals surface area contributed by atoms with Crippen LogP contribution in [0.3, 0.4) is 0 Å². The molecular weight excluding hydrogens is 446 g/mol. The van der Waals surface area contributed by atoms with Gasteiger partial charge >= 0.3 is 0 Å². The standard InChI is InChI=1S/C29H32F2N2O2/c1-17(2)10-19-8-9-24-23-6-4-5-7-25(23)29(26(24)13-19)32-16-28(35)27(33-18(3)34)14-20-11-21(30)15-22(31)12-20/h4-9,11-13,15,17,27-29,32,35H,10,14,16H2,1-3H3,(H,33,34)/t27-,28+,29?/m0/s1. The highest BCUT2D eigenvalue weighted by atomic mass is 19.1. The number of benzene rings is 3. The van der Waals surface area contributed by atoms with Crippen molar-refractivity contribution in [2.24, 2.45) is 5.92 Å². The van der Waals surface area contributed by atoms with E-state index in [1.807, 2.05) is 12.1 Å². The molecule has 3 aromatic rings. The normalized spacial score (nSPS) is 16.0. The molecule has 3 atom stereocenters. The molecule has 0 bridgehead atoms. The highest BCUT2D eigenvalue weighted by Crippen LogP contribution is 2.43. The molecule has 0 heterocycles. The molecule has 1 amide bonds. The van der Waals surface area contributed by atoms with Crippen LogP contribution in [0.5, 0.6) is 0 Å². The van der Waals surface area contributed by atoms with Crippen molar-refractivity contribution in [3.05, 3.63) is 94.6 Å². The van der Waals surface area contributed by atoms with Crippen molar-refractivity contribution in [3.63, 3.8) is 0 Å². The summed E-state index contributed by atoms with van der Waals surface area (Å²) in [5.41, 5.74) is 6.28. The second-order valence-corrected chi connectivity index (χ2v) is 9.80. The van der Waals surface area contributed by atoms with Gasteiger partial charge in [-0.05, 0) is 64.3 Å². The van der Waals surface area contributed by atoms with E-state index >= 15 is 0 Å². The van der Waals surface area contributed by atoms with Gasteiger partial charge in [-0.2, -0.15) is 0 Å². The van der Waals surface area contributed by atoms with E-state index in [1.165, 1.54) is 41.3 Å². The van der Waals surface area contributed by atoms with Crippen molar-refractivity contribution in [2.45, 2.75) is 51.8 Å². The van der Waals surface area contributed by atoms with Crippen molar-refractivity contribution < 1.29 is 18.7 Å². The van der Waals surface area contributed by atoms with Crippen LogP contribution in [-0.4, -0.2) is 29.7 Å². The quantitative estimate of drug-likeness (QED) is 0.409. The first-order valence-electron chi connectivity index (χ1n) is 12.1. The number of carbonyl (C=O) groups is 1. The maximum atomic E-state index is 13.7. The summed E-state index contributed by atoms with van der Waals surface area (Å²) in [5, 5.41) is 17.2. The summed E-state index contributed by atoms with van der Waals surface area (Å²) in [6, 6.07) is 17.2. The monoisotopic (exact) mass is 478 g/mol. The fourth-order valence-electron chi connectivity index (χ4n) is 4.98. The second-order valence-electron chi connectivity index (χ2n) is 9.80. The van der Waals surface area contributed by atoms with E-state index in [4.69, 9.17) is 0 Å². The third-order valence-corrected chi connectivity index (χ3v) is 6.40. The van der Waals surface area contributed by atoms with Crippen LogP contribution >= 0.6 is 0 Å². The minimum absolute atomic E-state index is 0.104. The fourth-order valence-corrected chi connectivity index (χ4v) is 4.98. The van der Waals surface area contributed by atoms with Crippen molar-refractivity contribution in [3.8, 4) is 11.1 Å². The van der Waals surface area contributed by atoms with Crippen molar-refractivity contribution in [1.29, 1.82) is 0 Å². The van der Waals surface area contributed by atoms with Gasteiger partial charge in [0.1, 0.15) is 11.6 Å². The summed E-state index contributed by atoms with van der Waals surface area (Å²) in [6.45, 7) is 5.94. The number of halogens is 2. The zero-order valence-electron chi connectivity index (χ0n) is 20.3. The molecule has 0 aliphatic heterocycles. The van der Waals surface area contributed by atoms with Crippen LogP contribution in [0.2, 0.25) is 0 Å². The summed E-state index contributed by atoms with van der Waals surface area (Å²) in [4.78, 5) is 11.8. The molecule has 35 heavy (non-hydrogen) atoms. The third kappa shape index (κ3) is 5.95. The first-order chi connectivity index (χ1) is 16.7. The number of rotatable bonds is 9. The Morgan fingerprint density at radius 3 is 2.29 bits per heavy atom. The largest absolute Gasteiger partial charge is 0.390 e. The molecule has 0 saturated carbocycles. The molecule has 3 aromatic carbocycles. The SMILES string of the molecule is CC(=O)N[C@@H](Cc1cc(F)cc(F)c1)[C@H](O)CNC1c2ccccc2-c2ccc(CC(C)C)cc21. The number of hydrogen-bond acceptors (Lipinski definition) is 3. The third-order valence-electron chi connectivity index (χ3n) is 6.40. The lowest BCUT2D eigenvalue weighted by atomic mass is 9.96. The Morgan fingerprint density at radius 1 is 0.914 bits per heavy atom. The average molecular weight is 479 g/mol. The maximum absolute atomic E-state index is 13.7.